The zero-order valence-corrected chi connectivity index (χ0v) is 7.82. The molecule has 0 aromatic carbocycles. The van der Waals surface area contributed by atoms with E-state index in [1.165, 1.54) is 7.11 Å². The van der Waals surface area contributed by atoms with Crippen molar-refractivity contribution in [2.75, 3.05) is 7.11 Å². The van der Waals surface area contributed by atoms with Crippen LogP contribution in [-0.4, -0.2) is 22.3 Å². The molecule has 1 aromatic heterocycles. The van der Waals surface area contributed by atoms with Crippen molar-refractivity contribution < 1.29 is 14.5 Å². The van der Waals surface area contributed by atoms with Crippen molar-refractivity contribution in [1.29, 1.82) is 0 Å². The summed E-state index contributed by atoms with van der Waals surface area (Å²) in [6, 6.07) is 1.02. The fourth-order valence-electron chi connectivity index (χ4n) is 0.845. The van der Waals surface area contributed by atoms with Gasteiger partial charge in [0.2, 0.25) is 5.88 Å². The lowest BCUT2D eigenvalue weighted by Gasteiger charge is -2.01. The highest BCUT2D eigenvalue weighted by molar-refractivity contribution is 6.68. The highest BCUT2D eigenvalue weighted by Gasteiger charge is 2.16. The summed E-state index contributed by atoms with van der Waals surface area (Å²) in [7, 11) is 1.29. The maximum absolute atomic E-state index is 10.8. The van der Waals surface area contributed by atoms with Gasteiger partial charge in [-0.15, -0.1) is 0 Å². The summed E-state index contributed by atoms with van der Waals surface area (Å²) in [5.41, 5.74) is -0.432. The van der Waals surface area contributed by atoms with Crippen molar-refractivity contribution in [3.05, 3.63) is 27.9 Å². The van der Waals surface area contributed by atoms with Gasteiger partial charge >= 0.3 is 0 Å². The fourth-order valence-corrected chi connectivity index (χ4v) is 0.980. The van der Waals surface area contributed by atoms with Gasteiger partial charge in [-0.1, -0.05) is 0 Å². The van der Waals surface area contributed by atoms with Crippen LogP contribution in [0.5, 0.6) is 5.88 Å². The van der Waals surface area contributed by atoms with Gasteiger partial charge in [-0.25, -0.2) is 4.98 Å². The van der Waals surface area contributed by atoms with Crippen LogP contribution < -0.4 is 4.74 Å². The van der Waals surface area contributed by atoms with Crippen LogP contribution in [0.25, 0.3) is 0 Å². The number of rotatable bonds is 3. The Labute approximate surface area is 83.6 Å². The Morgan fingerprint density at radius 3 is 2.79 bits per heavy atom. The monoisotopic (exact) mass is 216 g/mol. The van der Waals surface area contributed by atoms with Crippen molar-refractivity contribution in [3.63, 3.8) is 0 Å². The standard InChI is InChI=1S/C7H5ClN2O4/c1-14-7-5(6(8)11)2-4(3-9-7)10(12)13/h2-3H,1H3. The Bertz CT molecular complexity index is 393. The smallest absolute Gasteiger partial charge is 0.288 e. The predicted octanol–water partition coefficient (Wildman–Crippen LogP) is 1.38. The van der Waals surface area contributed by atoms with Crippen molar-refractivity contribution >= 4 is 22.5 Å². The molecular weight excluding hydrogens is 212 g/mol. The zero-order valence-electron chi connectivity index (χ0n) is 7.06. The number of carbonyl (C=O) groups is 1. The third-order valence-corrected chi connectivity index (χ3v) is 1.66. The number of ether oxygens (including phenoxy) is 1. The number of nitro groups is 1. The summed E-state index contributed by atoms with van der Waals surface area (Å²) in [4.78, 5) is 24.1. The second-order valence-corrected chi connectivity index (χ2v) is 2.62. The van der Waals surface area contributed by atoms with Crippen LogP contribution in [0.2, 0.25) is 0 Å². The summed E-state index contributed by atoms with van der Waals surface area (Å²) in [5.74, 6) is -0.0319. The highest BCUT2D eigenvalue weighted by atomic mass is 35.5. The number of nitrogens with zero attached hydrogens (tertiary/aromatic N) is 2. The highest BCUT2D eigenvalue weighted by Crippen LogP contribution is 2.21. The molecule has 6 nitrogen and oxygen atoms in total. The second kappa shape index (κ2) is 4.01. The van der Waals surface area contributed by atoms with E-state index in [0.717, 1.165) is 12.3 Å². The van der Waals surface area contributed by atoms with Gasteiger partial charge in [-0.05, 0) is 11.6 Å². The van der Waals surface area contributed by atoms with Gasteiger partial charge in [0, 0.05) is 6.07 Å². The van der Waals surface area contributed by atoms with E-state index in [1.807, 2.05) is 0 Å². The summed E-state index contributed by atoms with van der Waals surface area (Å²) < 4.78 is 4.70. The van der Waals surface area contributed by atoms with Crippen molar-refractivity contribution in [3.8, 4) is 5.88 Å². The van der Waals surface area contributed by atoms with Crippen LogP contribution >= 0.6 is 11.6 Å². The Kier molecular flexibility index (Phi) is 2.98. The maximum Gasteiger partial charge on any atom is 0.288 e. The van der Waals surface area contributed by atoms with Gasteiger partial charge in [-0.2, -0.15) is 0 Å². The fraction of sp³-hybridized carbons (Fsp3) is 0.143. The number of carbonyl (C=O) groups excluding carboxylic acids is 1. The van der Waals surface area contributed by atoms with Crippen LogP contribution in [0.15, 0.2) is 12.3 Å². The molecule has 0 atom stereocenters. The molecule has 0 radical (unpaired) electrons. The normalized spacial score (nSPS) is 9.57. The minimum absolute atomic E-state index is 0.0319. The Morgan fingerprint density at radius 2 is 2.36 bits per heavy atom. The Balaban J connectivity index is 3.27. The first-order valence-electron chi connectivity index (χ1n) is 3.44. The van der Waals surface area contributed by atoms with E-state index in [-0.39, 0.29) is 17.1 Å². The number of aromatic nitrogens is 1. The molecule has 0 spiro atoms. The van der Waals surface area contributed by atoms with Crippen molar-refractivity contribution in [2.45, 2.75) is 0 Å². The molecule has 1 rings (SSSR count). The Morgan fingerprint density at radius 1 is 1.71 bits per heavy atom. The quantitative estimate of drug-likeness (QED) is 0.433. The van der Waals surface area contributed by atoms with E-state index in [0.29, 0.717) is 0 Å². The predicted molar refractivity (Wildman–Crippen MR) is 47.6 cm³/mol. The molecule has 1 aromatic rings. The van der Waals surface area contributed by atoms with Crippen LogP contribution in [0, 0.1) is 10.1 Å². The summed E-state index contributed by atoms with van der Waals surface area (Å²) >= 11 is 5.18. The van der Waals surface area contributed by atoms with E-state index in [9.17, 15) is 14.9 Å². The average molecular weight is 217 g/mol. The molecule has 1 heterocycles. The molecule has 0 saturated heterocycles. The lowest BCUT2D eigenvalue weighted by Crippen LogP contribution is -2.00. The van der Waals surface area contributed by atoms with Gasteiger partial charge < -0.3 is 4.74 Å². The lowest BCUT2D eigenvalue weighted by atomic mass is 10.3. The molecule has 74 valence electrons. The SMILES string of the molecule is COc1ncc([N+](=O)[O-])cc1C(=O)Cl. The molecule has 0 fully saturated rings. The first-order chi connectivity index (χ1) is 6.56. The summed E-state index contributed by atoms with van der Waals surface area (Å²) in [5, 5.41) is 9.50. The van der Waals surface area contributed by atoms with E-state index in [2.05, 4.69) is 4.98 Å². The summed E-state index contributed by atoms with van der Waals surface area (Å²) in [6.45, 7) is 0. The third kappa shape index (κ3) is 1.97. The van der Waals surface area contributed by atoms with Crippen molar-refractivity contribution in [1.82, 2.24) is 4.98 Å². The molecule has 0 saturated carbocycles. The topological polar surface area (TPSA) is 82.3 Å². The van der Waals surface area contributed by atoms with Gasteiger partial charge in [0.15, 0.2) is 0 Å². The van der Waals surface area contributed by atoms with E-state index in [1.54, 1.807) is 0 Å². The molecule has 0 aliphatic rings. The average Bonchev–Trinajstić information content (AvgIpc) is 2.16. The number of halogens is 1. The molecule has 0 amide bonds. The molecular formula is C7H5ClN2O4. The number of hydrogen-bond donors (Lipinski definition) is 0. The Hall–Kier alpha value is -1.69. The minimum atomic E-state index is -0.849. The molecule has 14 heavy (non-hydrogen) atoms. The number of pyridine rings is 1. The van der Waals surface area contributed by atoms with Gasteiger partial charge in [-0.3, -0.25) is 14.9 Å². The second-order valence-electron chi connectivity index (χ2n) is 2.28. The maximum atomic E-state index is 10.8. The van der Waals surface area contributed by atoms with Crippen LogP contribution in [0.3, 0.4) is 0 Å². The molecule has 0 N–H and O–H groups in total. The largest absolute Gasteiger partial charge is 0.480 e. The molecule has 7 heteroatoms. The van der Waals surface area contributed by atoms with E-state index < -0.39 is 10.2 Å². The third-order valence-electron chi connectivity index (χ3n) is 1.45. The first kappa shape index (κ1) is 10.4. The first-order valence-corrected chi connectivity index (χ1v) is 3.82. The van der Waals surface area contributed by atoms with E-state index in [4.69, 9.17) is 16.3 Å². The van der Waals surface area contributed by atoms with Crippen LogP contribution in [-0.2, 0) is 0 Å². The van der Waals surface area contributed by atoms with Crippen LogP contribution in [0.1, 0.15) is 10.4 Å². The van der Waals surface area contributed by atoms with Crippen molar-refractivity contribution in [2.24, 2.45) is 0 Å². The van der Waals surface area contributed by atoms with Gasteiger partial charge in [0.05, 0.1) is 12.0 Å². The molecule has 0 unspecified atom stereocenters. The lowest BCUT2D eigenvalue weighted by molar-refractivity contribution is -0.385. The van der Waals surface area contributed by atoms with Crippen LogP contribution in [0.4, 0.5) is 5.69 Å². The van der Waals surface area contributed by atoms with E-state index >= 15 is 0 Å². The number of methoxy groups -OCH3 is 1. The van der Waals surface area contributed by atoms with Gasteiger partial charge in [0.25, 0.3) is 10.9 Å². The molecule has 0 aliphatic carbocycles. The minimum Gasteiger partial charge on any atom is -0.480 e. The van der Waals surface area contributed by atoms with Gasteiger partial charge in [0.1, 0.15) is 11.8 Å². The molecule has 0 aliphatic heterocycles. The molecule has 0 bridgehead atoms. The zero-order chi connectivity index (χ0) is 10.7. The number of hydrogen-bond acceptors (Lipinski definition) is 5. The summed E-state index contributed by atoms with van der Waals surface area (Å²) in [6.07, 6.45) is 0.988.